The van der Waals surface area contributed by atoms with Gasteiger partial charge in [0.25, 0.3) is 0 Å². The predicted molar refractivity (Wildman–Crippen MR) is 83.2 cm³/mol. The fourth-order valence-electron chi connectivity index (χ4n) is 2.11. The molecule has 5 nitrogen and oxygen atoms in total. The van der Waals surface area contributed by atoms with Crippen molar-refractivity contribution in [2.75, 3.05) is 31.6 Å². The number of hydrogen-bond donors (Lipinski definition) is 0. The van der Waals surface area contributed by atoms with Crippen molar-refractivity contribution in [2.24, 2.45) is 0 Å². The Bertz CT molecular complexity index is 460. The number of likely N-dealkylation sites (N-methyl/N-ethyl adjacent to an activating group) is 1. The van der Waals surface area contributed by atoms with Crippen LogP contribution in [0.3, 0.4) is 0 Å². The molecule has 1 aromatic rings. The molecule has 0 spiro atoms. The van der Waals surface area contributed by atoms with Gasteiger partial charge < -0.3 is 9.64 Å². The van der Waals surface area contributed by atoms with Crippen LogP contribution in [0.4, 0.5) is 5.69 Å². The van der Waals surface area contributed by atoms with Gasteiger partial charge in [0.1, 0.15) is 0 Å². The van der Waals surface area contributed by atoms with E-state index in [0.29, 0.717) is 6.54 Å². The van der Waals surface area contributed by atoms with E-state index < -0.39 is 0 Å². The lowest BCUT2D eigenvalue weighted by molar-refractivity contribution is -0.142. The topological polar surface area (TPSA) is 49.9 Å². The van der Waals surface area contributed by atoms with Crippen molar-refractivity contribution >= 4 is 17.6 Å². The van der Waals surface area contributed by atoms with Crippen molar-refractivity contribution in [3.8, 4) is 0 Å². The summed E-state index contributed by atoms with van der Waals surface area (Å²) in [4.78, 5) is 27.4. The Morgan fingerprint density at radius 2 is 1.76 bits per heavy atom. The number of rotatable bonds is 7. The zero-order chi connectivity index (χ0) is 15.8. The molecule has 0 bridgehead atoms. The maximum atomic E-state index is 12.6. The molecule has 0 fully saturated rings. The van der Waals surface area contributed by atoms with Crippen molar-refractivity contribution in [2.45, 2.75) is 26.8 Å². The van der Waals surface area contributed by atoms with E-state index in [4.69, 9.17) is 0 Å². The minimum atomic E-state index is -0.333. The van der Waals surface area contributed by atoms with Gasteiger partial charge in [0.2, 0.25) is 5.91 Å². The zero-order valence-corrected chi connectivity index (χ0v) is 13.2. The fourth-order valence-corrected chi connectivity index (χ4v) is 2.11. The van der Waals surface area contributed by atoms with E-state index >= 15 is 0 Å². The summed E-state index contributed by atoms with van der Waals surface area (Å²) in [5.41, 5.74) is 0.867. The number of benzene rings is 1. The SMILES string of the molecule is CCN(CC(=O)OC)CC(=O)N(c1ccccc1)C(C)C. The maximum Gasteiger partial charge on any atom is 0.319 e. The molecule has 0 N–H and O–H groups in total. The molecule has 0 radical (unpaired) electrons. The molecule has 0 aliphatic carbocycles. The zero-order valence-electron chi connectivity index (χ0n) is 13.2. The Morgan fingerprint density at radius 3 is 2.24 bits per heavy atom. The van der Waals surface area contributed by atoms with E-state index in [0.717, 1.165) is 5.69 Å². The average Bonchev–Trinajstić information content (AvgIpc) is 2.47. The van der Waals surface area contributed by atoms with Gasteiger partial charge in [-0.05, 0) is 32.5 Å². The first kappa shape index (κ1) is 17.2. The van der Waals surface area contributed by atoms with Crippen LogP contribution in [0.25, 0.3) is 0 Å². The van der Waals surface area contributed by atoms with Crippen molar-refractivity contribution in [3.05, 3.63) is 30.3 Å². The number of methoxy groups -OCH3 is 1. The lowest BCUT2D eigenvalue weighted by Gasteiger charge is -2.29. The largest absolute Gasteiger partial charge is 0.468 e. The number of amides is 1. The lowest BCUT2D eigenvalue weighted by atomic mass is 10.2. The number of anilines is 1. The highest BCUT2D eigenvalue weighted by atomic mass is 16.5. The second-order valence-electron chi connectivity index (χ2n) is 5.07. The molecule has 1 amide bonds. The molecule has 0 saturated carbocycles. The van der Waals surface area contributed by atoms with Gasteiger partial charge in [0, 0.05) is 11.7 Å². The number of carbonyl (C=O) groups excluding carboxylic acids is 2. The highest BCUT2D eigenvalue weighted by Crippen LogP contribution is 2.17. The number of nitrogens with zero attached hydrogens (tertiary/aromatic N) is 2. The molecule has 0 aliphatic heterocycles. The second-order valence-corrected chi connectivity index (χ2v) is 5.07. The Morgan fingerprint density at radius 1 is 1.14 bits per heavy atom. The molecule has 116 valence electrons. The highest BCUT2D eigenvalue weighted by Gasteiger charge is 2.22. The van der Waals surface area contributed by atoms with Gasteiger partial charge in [0.05, 0.1) is 20.2 Å². The Hall–Kier alpha value is -1.88. The minimum absolute atomic E-state index is 0.0260. The van der Waals surface area contributed by atoms with Crippen molar-refractivity contribution in [3.63, 3.8) is 0 Å². The van der Waals surface area contributed by atoms with Crippen LogP contribution in [0.5, 0.6) is 0 Å². The summed E-state index contributed by atoms with van der Waals surface area (Å²) < 4.78 is 4.65. The molecule has 0 saturated heterocycles. The summed E-state index contributed by atoms with van der Waals surface area (Å²) in [7, 11) is 1.35. The Balaban J connectivity index is 2.80. The third kappa shape index (κ3) is 5.19. The summed E-state index contributed by atoms with van der Waals surface area (Å²) in [6.07, 6.45) is 0. The van der Waals surface area contributed by atoms with Crippen LogP contribution in [0.2, 0.25) is 0 Å². The van der Waals surface area contributed by atoms with Crippen LogP contribution in [-0.2, 0) is 14.3 Å². The average molecular weight is 292 g/mol. The Kier molecular flexibility index (Phi) is 6.88. The number of hydrogen-bond acceptors (Lipinski definition) is 4. The monoisotopic (exact) mass is 292 g/mol. The van der Waals surface area contributed by atoms with Crippen molar-refractivity contribution in [1.82, 2.24) is 4.90 Å². The molecule has 0 atom stereocenters. The second kappa shape index (κ2) is 8.42. The van der Waals surface area contributed by atoms with E-state index in [1.54, 1.807) is 9.80 Å². The highest BCUT2D eigenvalue weighted by molar-refractivity contribution is 5.95. The third-order valence-corrected chi connectivity index (χ3v) is 3.21. The van der Waals surface area contributed by atoms with E-state index in [1.165, 1.54) is 7.11 Å². The lowest BCUT2D eigenvalue weighted by Crippen LogP contribution is -2.45. The van der Waals surface area contributed by atoms with Gasteiger partial charge in [-0.2, -0.15) is 0 Å². The molecular weight excluding hydrogens is 268 g/mol. The molecule has 21 heavy (non-hydrogen) atoms. The van der Waals surface area contributed by atoms with Crippen LogP contribution in [0.15, 0.2) is 30.3 Å². The van der Waals surface area contributed by atoms with Crippen molar-refractivity contribution < 1.29 is 14.3 Å². The standard InChI is InChI=1S/C16H24N2O3/c1-5-17(12-16(20)21-4)11-15(19)18(13(2)3)14-9-7-6-8-10-14/h6-10,13H,5,11-12H2,1-4H3. The fraction of sp³-hybridized carbons (Fsp3) is 0.500. The van der Waals surface area contributed by atoms with Gasteiger partial charge >= 0.3 is 5.97 Å². The molecular formula is C16H24N2O3. The normalized spacial score (nSPS) is 10.8. The van der Waals surface area contributed by atoms with Crippen LogP contribution >= 0.6 is 0 Å². The molecule has 0 aromatic heterocycles. The van der Waals surface area contributed by atoms with Gasteiger partial charge in [-0.15, -0.1) is 0 Å². The number of para-hydroxylation sites is 1. The van der Waals surface area contributed by atoms with E-state index in [-0.39, 0.29) is 31.0 Å². The maximum absolute atomic E-state index is 12.6. The number of ether oxygens (including phenoxy) is 1. The van der Waals surface area contributed by atoms with Crippen LogP contribution in [-0.4, -0.2) is 49.6 Å². The van der Waals surface area contributed by atoms with Crippen LogP contribution in [0, 0.1) is 0 Å². The first-order chi connectivity index (χ1) is 9.99. The summed E-state index contributed by atoms with van der Waals surface area (Å²) in [5, 5.41) is 0. The third-order valence-electron chi connectivity index (χ3n) is 3.21. The molecule has 5 heteroatoms. The number of esters is 1. The minimum Gasteiger partial charge on any atom is -0.468 e. The molecule has 0 heterocycles. The molecule has 1 rings (SSSR count). The molecule has 0 aliphatic rings. The van der Waals surface area contributed by atoms with E-state index in [1.807, 2.05) is 51.1 Å². The smallest absolute Gasteiger partial charge is 0.319 e. The van der Waals surface area contributed by atoms with Gasteiger partial charge in [-0.25, -0.2) is 0 Å². The number of carbonyl (C=O) groups is 2. The summed E-state index contributed by atoms with van der Waals surface area (Å²) in [6.45, 7) is 6.79. The van der Waals surface area contributed by atoms with Crippen molar-refractivity contribution in [1.29, 1.82) is 0 Å². The van der Waals surface area contributed by atoms with Crippen LogP contribution < -0.4 is 4.90 Å². The van der Waals surface area contributed by atoms with E-state index in [2.05, 4.69) is 4.74 Å². The summed E-state index contributed by atoms with van der Waals surface area (Å²) >= 11 is 0. The molecule has 0 unspecified atom stereocenters. The van der Waals surface area contributed by atoms with Gasteiger partial charge in [-0.1, -0.05) is 25.1 Å². The summed E-state index contributed by atoms with van der Waals surface area (Å²) in [6, 6.07) is 9.61. The van der Waals surface area contributed by atoms with Crippen LogP contribution in [0.1, 0.15) is 20.8 Å². The van der Waals surface area contributed by atoms with E-state index in [9.17, 15) is 9.59 Å². The predicted octanol–water partition coefficient (Wildman–Crippen LogP) is 1.92. The van der Waals surface area contributed by atoms with Gasteiger partial charge in [0.15, 0.2) is 0 Å². The summed E-state index contributed by atoms with van der Waals surface area (Å²) in [5.74, 6) is -0.359. The first-order valence-corrected chi connectivity index (χ1v) is 7.15. The Labute approximate surface area is 126 Å². The molecule has 1 aromatic carbocycles. The quantitative estimate of drug-likeness (QED) is 0.721. The first-order valence-electron chi connectivity index (χ1n) is 7.15. The van der Waals surface area contributed by atoms with Gasteiger partial charge in [-0.3, -0.25) is 14.5 Å².